The normalized spacial score (nSPS) is 10.5. The Hall–Kier alpha value is -2.68. The van der Waals surface area contributed by atoms with Gasteiger partial charge in [0.1, 0.15) is 24.7 Å². The summed E-state index contributed by atoms with van der Waals surface area (Å²) in [5.41, 5.74) is 6.36. The summed E-state index contributed by atoms with van der Waals surface area (Å²) in [6.07, 6.45) is 0. The van der Waals surface area contributed by atoms with E-state index < -0.39 is 0 Å². The minimum atomic E-state index is 0.493. The van der Waals surface area contributed by atoms with E-state index in [2.05, 4.69) is 18.2 Å². The number of nitrogens with two attached hydrogens (primary N) is 1. The van der Waals surface area contributed by atoms with Crippen LogP contribution in [0.4, 0.5) is 5.69 Å². The fourth-order valence-electron chi connectivity index (χ4n) is 2.20. The number of hydrogen-bond donors (Lipinski definition) is 1. The minimum absolute atomic E-state index is 0.493. The Balaban J connectivity index is 1.58. The monoisotopic (exact) mass is 279 g/mol. The highest BCUT2D eigenvalue weighted by Gasteiger charge is 2.01. The molecule has 0 aliphatic rings. The molecule has 3 aromatic carbocycles. The quantitative estimate of drug-likeness (QED) is 0.569. The van der Waals surface area contributed by atoms with Crippen molar-refractivity contribution in [1.82, 2.24) is 0 Å². The SMILES string of the molecule is Nc1ccc(OCCOc2cccc3ccccc23)cc1. The molecule has 3 rings (SSSR count). The van der Waals surface area contributed by atoms with E-state index in [-0.39, 0.29) is 0 Å². The van der Waals surface area contributed by atoms with Gasteiger partial charge < -0.3 is 15.2 Å². The maximum absolute atomic E-state index is 5.82. The molecule has 0 amide bonds. The Morgan fingerprint density at radius 2 is 1.43 bits per heavy atom. The first-order valence-corrected chi connectivity index (χ1v) is 6.92. The van der Waals surface area contributed by atoms with E-state index in [4.69, 9.17) is 15.2 Å². The average Bonchev–Trinajstić information content (AvgIpc) is 2.53. The van der Waals surface area contributed by atoms with Crippen molar-refractivity contribution in [2.75, 3.05) is 18.9 Å². The predicted molar refractivity (Wildman–Crippen MR) is 85.8 cm³/mol. The van der Waals surface area contributed by atoms with Crippen molar-refractivity contribution < 1.29 is 9.47 Å². The summed E-state index contributed by atoms with van der Waals surface area (Å²) in [6, 6.07) is 21.6. The number of ether oxygens (including phenoxy) is 2. The zero-order valence-electron chi connectivity index (χ0n) is 11.7. The Labute approximate surface area is 123 Å². The van der Waals surface area contributed by atoms with E-state index in [9.17, 15) is 0 Å². The highest BCUT2D eigenvalue weighted by Crippen LogP contribution is 2.25. The highest BCUT2D eigenvalue weighted by molar-refractivity contribution is 5.88. The molecule has 3 aromatic rings. The molecule has 21 heavy (non-hydrogen) atoms. The summed E-state index contributed by atoms with van der Waals surface area (Å²) in [4.78, 5) is 0. The van der Waals surface area contributed by atoms with Crippen LogP contribution in [0, 0.1) is 0 Å². The average molecular weight is 279 g/mol. The molecule has 0 radical (unpaired) electrons. The van der Waals surface area contributed by atoms with Crippen LogP contribution in [0.5, 0.6) is 11.5 Å². The van der Waals surface area contributed by atoms with Crippen molar-refractivity contribution in [3.05, 3.63) is 66.7 Å². The second-order valence-corrected chi connectivity index (χ2v) is 4.74. The van der Waals surface area contributed by atoms with Gasteiger partial charge in [0.15, 0.2) is 0 Å². The van der Waals surface area contributed by atoms with Gasteiger partial charge in [0.2, 0.25) is 0 Å². The lowest BCUT2D eigenvalue weighted by Crippen LogP contribution is -2.09. The second kappa shape index (κ2) is 6.18. The van der Waals surface area contributed by atoms with Crippen LogP contribution in [0.25, 0.3) is 10.8 Å². The van der Waals surface area contributed by atoms with E-state index in [1.165, 1.54) is 5.39 Å². The van der Waals surface area contributed by atoms with Crippen molar-refractivity contribution in [3.8, 4) is 11.5 Å². The summed E-state index contributed by atoms with van der Waals surface area (Å²) in [5.74, 6) is 1.68. The van der Waals surface area contributed by atoms with Crippen LogP contribution in [-0.4, -0.2) is 13.2 Å². The van der Waals surface area contributed by atoms with Gasteiger partial charge in [0.05, 0.1) is 0 Å². The van der Waals surface area contributed by atoms with Crippen molar-refractivity contribution >= 4 is 16.5 Å². The number of anilines is 1. The summed E-state index contributed by atoms with van der Waals surface area (Å²) in [6.45, 7) is 0.992. The standard InChI is InChI=1S/C18H17NO2/c19-15-8-10-16(11-9-15)20-12-13-21-18-7-3-5-14-4-1-2-6-17(14)18/h1-11H,12-13,19H2. The molecule has 3 heteroatoms. The molecule has 0 unspecified atom stereocenters. The molecule has 0 saturated carbocycles. The van der Waals surface area contributed by atoms with Crippen LogP contribution in [0.3, 0.4) is 0 Å². The maximum atomic E-state index is 5.82. The first-order valence-electron chi connectivity index (χ1n) is 6.92. The number of fused-ring (bicyclic) bond motifs is 1. The van der Waals surface area contributed by atoms with Gasteiger partial charge in [-0.3, -0.25) is 0 Å². The Morgan fingerprint density at radius 3 is 2.29 bits per heavy atom. The van der Waals surface area contributed by atoms with E-state index >= 15 is 0 Å². The molecule has 0 saturated heterocycles. The predicted octanol–water partition coefficient (Wildman–Crippen LogP) is 3.88. The van der Waals surface area contributed by atoms with Gasteiger partial charge in [-0.15, -0.1) is 0 Å². The molecule has 0 heterocycles. The van der Waals surface area contributed by atoms with Crippen LogP contribution < -0.4 is 15.2 Å². The molecular formula is C18H17NO2. The van der Waals surface area contributed by atoms with Crippen LogP contribution in [0.2, 0.25) is 0 Å². The largest absolute Gasteiger partial charge is 0.490 e. The summed E-state index contributed by atoms with van der Waals surface area (Å²) in [5, 5.41) is 2.29. The molecule has 2 N–H and O–H groups in total. The number of hydrogen-bond acceptors (Lipinski definition) is 3. The Bertz CT molecular complexity index is 717. The zero-order valence-corrected chi connectivity index (χ0v) is 11.7. The van der Waals surface area contributed by atoms with Gasteiger partial charge >= 0.3 is 0 Å². The number of nitrogen functional groups attached to an aromatic ring is 1. The van der Waals surface area contributed by atoms with Gasteiger partial charge in [-0.1, -0.05) is 36.4 Å². The van der Waals surface area contributed by atoms with Crippen LogP contribution in [0.1, 0.15) is 0 Å². The molecule has 0 aromatic heterocycles. The van der Waals surface area contributed by atoms with Gasteiger partial charge in [-0.05, 0) is 35.7 Å². The van der Waals surface area contributed by atoms with Gasteiger partial charge in [-0.2, -0.15) is 0 Å². The third-order valence-electron chi connectivity index (χ3n) is 3.24. The third-order valence-corrected chi connectivity index (χ3v) is 3.24. The van der Waals surface area contributed by atoms with Gasteiger partial charge in [0.25, 0.3) is 0 Å². The van der Waals surface area contributed by atoms with E-state index in [0.717, 1.165) is 22.6 Å². The van der Waals surface area contributed by atoms with E-state index in [0.29, 0.717) is 13.2 Å². The summed E-state index contributed by atoms with van der Waals surface area (Å²) in [7, 11) is 0. The third kappa shape index (κ3) is 3.26. The van der Waals surface area contributed by atoms with E-state index in [1.807, 2.05) is 48.5 Å². The van der Waals surface area contributed by atoms with Crippen molar-refractivity contribution in [2.45, 2.75) is 0 Å². The van der Waals surface area contributed by atoms with Crippen molar-refractivity contribution in [2.24, 2.45) is 0 Å². The summed E-state index contributed by atoms with van der Waals surface area (Å²) >= 11 is 0. The lowest BCUT2D eigenvalue weighted by molar-refractivity contribution is 0.219. The molecule has 0 aliphatic heterocycles. The van der Waals surface area contributed by atoms with Crippen molar-refractivity contribution in [1.29, 1.82) is 0 Å². The first-order chi connectivity index (χ1) is 10.3. The molecule has 106 valence electrons. The topological polar surface area (TPSA) is 44.5 Å². The highest BCUT2D eigenvalue weighted by atomic mass is 16.5. The van der Waals surface area contributed by atoms with Gasteiger partial charge in [0, 0.05) is 11.1 Å². The first kappa shape index (κ1) is 13.3. The zero-order chi connectivity index (χ0) is 14.5. The van der Waals surface area contributed by atoms with Crippen LogP contribution in [-0.2, 0) is 0 Å². The van der Waals surface area contributed by atoms with Crippen LogP contribution >= 0.6 is 0 Å². The molecule has 0 aliphatic carbocycles. The fraction of sp³-hybridized carbons (Fsp3) is 0.111. The molecular weight excluding hydrogens is 262 g/mol. The molecule has 0 bridgehead atoms. The fourth-order valence-corrected chi connectivity index (χ4v) is 2.20. The smallest absolute Gasteiger partial charge is 0.127 e. The maximum Gasteiger partial charge on any atom is 0.127 e. The van der Waals surface area contributed by atoms with Crippen LogP contribution in [0.15, 0.2) is 66.7 Å². The Morgan fingerprint density at radius 1 is 0.714 bits per heavy atom. The number of benzene rings is 3. The molecule has 0 spiro atoms. The number of rotatable bonds is 5. The lowest BCUT2D eigenvalue weighted by Gasteiger charge is -2.10. The Kier molecular flexibility index (Phi) is 3.92. The lowest BCUT2D eigenvalue weighted by atomic mass is 10.1. The van der Waals surface area contributed by atoms with E-state index in [1.54, 1.807) is 0 Å². The molecule has 0 atom stereocenters. The molecule has 0 fully saturated rings. The summed E-state index contributed by atoms with van der Waals surface area (Å²) < 4.78 is 11.4. The second-order valence-electron chi connectivity index (χ2n) is 4.74. The van der Waals surface area contributed by atoms with Crippen molar-refractivity contribution in [3.63, 3.8) is 0 Å². The molecule has 3 nitrogen and oxygen atoms in total. The minimum Gasteiger partial charge on any atom is -0.490 e. The van der Waals surface area contributed by atoms with Gasteiger partial charge in [-0.25, -0.2) is 0 Å².